The van der Waals surface area contributed by atoms with E-state index in [1.54, 1.807) is 24.4 Å². The van der Waals surface area contributed by atoms with Gasteiger partial charge in [0.15, 0.2) is 0 Å². The molecule has 24 heavy (non-hydrogen) atoms. The molecule has 0 atom stereocenters. The molecule has 1 saturated heterocycles. The third-order valence-corrected chi connectivity index (χ3v) is 4.20. The van der Waals surface area contributed by atoms with E-state index in [9.17, 15) is 10.1 Å². The van der Waals surface area contributed by atoms with Crippen molar-refractivity contribution >= 4 is 23.5 Å². The number of likely N-dealkylation sites (N-methyl/N-ethyl adjacent to an activating group) is 1. The molecule has 2 aromatic rings. The first-order chi connectivity index (χ1) is 11.5. The van der Waals surface area contributed by atoms with Crippen LogP contribution < -0.4 is 0 Å². The van der Waals surface area contributed by atoms with Gasteiger partial charge in [-0.05, 0) is 25.2 Å². The van der Waals surface area contributed by atoms with Crippen molar-refractivity contribution < 1.29 is 9.34 Å². The summed E-state index contributed by atoms with van der Waals surface area (Å²) >= 11 is 6.12. The number of benzene rings is 1. The number of hydrogen-bond donors (Lipinski definition) is 0. The molecule has 1 aromatic carbocycles. The van der Waals surface area contributed by atoms with Crippen molar-refractivity contribution in [2.45, 2.75) is 0 Å². The molecule has 0 aliphatic carbocycles. The highest BCUT2D eigenvalue weighted by atomic mass is 35.5. The van der Waals surface area contributed by atoms with Crippen LogP contribution in [0.1, 0.15) is 5.76 Å². The Hall–Kier alpha value is -2.38. The lowest BCUT2D eigenvalue weighted by molar-refractivity contribution is -0.384. The molecule has 0 radical (unpaired) electrons. The summed E-state index contributed by atoms with van der Waals surface area (Å²) in [5.41, 5.74) is 0.564. The number of piperazine rings is 1. The lowest BCUT2D eigenvalue weighted by Gasteiger charge is -2.30. The smallest absolute Gasteiger partial charge is 0.270 e. The molecule has 126 valence electrons. The first-order valence-electron chi connectivity index (χ1n) is 7.54. The third-order valence-electron chi connectivity index (χ3n) is 3.88. The van der Waals surface area contributed by atoms with E-state index >= 15 is 0 Å². The van der Waals surface area contributed by atoms with Crippen LogP contribution in [0.15, 0.2) is 39.9 Å². The van der Waals surface area contributed by atoms with E-state index in [1.165, 1.54) is 12.1 Å². The maximum Gasteiger partial charge on any atom is 0.270 e. The van der Waals surface area contributed by atoms with Gasteiger partial charge in [-0.15, -0.1) is 0 Å². The van der Waals surface area contributed by atoms with Crippen LogP contribution in [0, 0.1) is 10.1 Å². The van der Waals surface area contributed by atoms with Crippen LogP contribution in [0.2, 0.25) is 5.02 Å². The van der Waals surface area contributed by atoms with Crippen LogP contribution in [0.25, 0.3) is 11.3 Å². The minimum Gasteiger partial charge on any atom is -0.455 e. The highest BCUT2D eigenvalue weighted by Crippen LogP contribution is 2.32. The number of non-ortho nitro benzene ring substituents is 1. The van der Waals surface area contributed by atoms with Crippen LogP contribution in [-0.2, 0) is 0 Å². The van der Waals surface area contributed by atoms with E-state index in [0.717, 1.165) is 26.2 Å². The van der Waals surface area contributed by atoms with Crippen LogP contribution in [0.3, 0.4) is 0 Å². The highest BCUT2D eigenvalue weighted by Gasteiger charge is 2.14. The number of nitrogens with zero attached hydrogens (tertiary/aromatic N) is 4. The van der Waals surface area contributed by atoms with E-state index in [2.05, 4.69) is 17.0 Å². The molecular weight excluding hydrogens is 332 g/mol. The summed E-state index contributed by atoms with van der Waals surface area (Å²) in [7, 11) is 2.09. The molecule has 1 aliphatic rings. The monoisotopic (exact) mass is 348 g/mol. The zero-order valence-electron chi connectivity index (χ0n) is 13.2. The number of furan rings is 1. The predicted octanol–water partition coefficient (Wildman–Crippen LogP) is 3.09. The highest BCUT2D eigenvalue weighted by molar-refractivity contribution is 6.33. The summed E-state index contributed by atoms with van der Waals surface area (Å²) in [6.07, 6.45) is 1.67. The second-order valence-electron chi connectivity index (χ2n) is 5.62. The van der Waals surface area contributed by atoms with Crippen LogP contribution in [-0.4, -0.2) is 54.3 Å². The molecule has 0 unspecified atom stereocenters. The molecule has 7 nitrogen and oxygen atoms in total. The zero-order chi connectivity index (χ0) is 17.1. The van der Waals surface area contributed by atoms with Crippen LogP contribution >= 0.6 is 11.6 Å². The summed E-state index contributed by atoms with van der Waals surface area (Å²) in [6.45, 7) is 3.74. The van der Waals surface area contributed by atoms with Gasteiger partial charge in [-0.2, -0.15) is 5.10 Å². The predicted molar refractivity (Wildman–Crippen MR) is 92.5 cm³/mol. The molecule has 1 aromatic heterocycles. The Morgan fingerprint density at radius 3 is 2.67 bits per heavy atom. The minimum atomic E-state index is -0.480. The zero-order valence-corrected chi connectivity index (χ0v) is 13.9. The van der Waals surface area contributed by atoms with Gasteiger partial charge in [-0.1, -0.05) is 11.6 Å². The van der Waals surface area contributed by atoms with Crippen molar-refractivity contribution in [1.29, 1.82) is 0 Å². The van der Waals surface area contributed by atoms with Crippen molar-refractivity contribution in [3.05, 3.63) is 51.2 Å². The SMILES string of the molecule is CN1CCN(/N=C\c2ccc(-c3ccc([N+](=O)[O-])cc3Cl)o2)CC1. The Kier molecular flexibility index (Phi) is 4.82. The number of nitro groups is 1. The van der Waals surface area contributed by atoms with Gasteiger partial charge in [0.1, 0.15) is 11.5 Å². The van der Waals surface area contributed by atoms with Gasteiger partial charge in [0.25, 0.3) is 5.69 Å². The average Bonchev–Trinajstić information content (AvgIpc) is 3.03. The number of nitro benzene ring substituents is 1. The van der Waals surface area contributed by atoms with Crippen molar-refractivity contribution in [3.8, 4) is 11.3 Å². The largest absolute Gasteiger partial charge is 0.455 e. The van der Waals surface area contributed by atoms with E-state index in [4.69, 9.17) is 16.0 Å². The van der Waals surface area contributed by atoms with Crippen molar-refractivity contribution in [1.82, 2.24) is 9.91 Å². The molecule has 8 heteroatoms. The maximum absolute atomic E-state index is 10.8. The van der Waals surface area contributed by atoms with Gasteiger partial charge in [-0.3, -0.25) is 15.1 Å². The lowest BCUT2D eigenvalue weighted by Crippen LogP contribution is -2.41. The minimum absolute atomic E-state index is 0.0489. The van der Waals surface area contributed by atoms with Crippen LogP contribution in [0.4, 0.5) is 5.69 Å². The van der Waals surface area contributed by atoms with E-state index < -0.39 is 4.92 Å². The Morgan fingerprint density at radius 1 is 1.25 bits per heavy atom. The second kappa shape index (κ2) is 7.02. The average molecular weight is 349 g/mol. The van der Waals surface area contributed by atoms with Gasteiger partial charge in [0.05, 0.1) is 16.2 Å². The number of hydrazone groups is 1. The van der Waals surface area contributed by atoms with Gasteiger partial charge >= 0.3 is 0 Å². The van der Waals surface area contributed by atoms with Gasteiger partial charge in [0, 0.05) is 43.9 Å². The molecule has 1 aliphatic heterocycles. The molecular formula is C16H17ClN4O3. The second-order valence-corrected chi connectivity index (χ2v) is 6.03. The molecule has 3 rings (SSSR count). The fourth-order valence-electron chi connectivity index (χ4n) is 2.43. The Labute approximate surface area is 144 Å². The summed E-state index contributed by atoms with van der Waals surface area (Å²) in [5, 5.41) is 17.5. The van der Waals surface area contributed by atoms with Gasteiger partial charge < -0.3 is 9.32 Å². The fraction of sp³-hybridized carbons (Fsp3) is 0.312. The van der Waals surface area contributed by atoms with Crippen molar-refractivity contribution in [2.24, 2.45) is 5.10 Å². The summed E-state index contributed by atoms with van der Waals surface area (Å²) in [4.78, 5) is 12.5. The Morgan fingerprint density at radius 2 is 2.00 bits per heavy atom. The molecule has 2 heterocycles. The van der Waals surface area contributed by atoms with E-state index in [-0.39, 0.29) is 10.7 Å². The molecule has 1 fully saturated rings. The maximum atomic E-state index is 10.8. The first-order valence-corrected chi connectivity index (χ1v) is 7.92. The summed E-state index contributed by atoms with van der Waals surface area (Å²) in [6, 6.07) is 7.88. The quantitative estimate of drug-likeness (QED) is 0.482. The van der Waals surface area contributed by atoms with E-state index in [1.807, 2.05) is 5.01 Å². The number of halogens is 1. The molecule has 0 spiro atoms. The molecule has 0 N–H and O–H groups in total. The first kappa shape index (κ1) is 16.5. The van der Waals surface area contributed by atoms with Gasteiger partial charge in [0.2, 0.25) is 0 Å². The normalized spacial score (nSPS) is 16.0. The van der Waals surface area contributed by atoms with Crippen LogP contribution in [0.5, 0.6) is 0 Å². The molecule has 0 bridgehead atoms. The van der Waals surface area contributed by atoms with Crippen molar-refractivity contribution in [3.63, 3.8) is 0 Å². The number of hydrogen-bond acceptors (Lipinski definition) is 6. The Balaban J connectivity index is 1.72. The topological polar surface area (TPSA) is 75.1 Å². The fourth-order valence-corrected chi connectivity index (χ4v) is 2.70. The summed E-state index contributed by atoms with van der Waals surface area (Å²) < 4.78 is 5.72. The summed E-state index contributed by atoms with van der Waals surface area (Å²) in [5.74, 6) is 1.16. The van der Waals surface area contributed by atoms with E-state index in [0.29, 0.717) is 17.1 Å². The lowest BCUT2D eigenvalue weighted by atomic mass is 10.1. The molecule has 0 saturated carbocycles. The van der Waals surface area contributed by atoms with Crippen molar-refractivity contribution in [2.75, 3.05) is 33.2 Å². The standard InChI is InChI=1S/C16H17ClN4O3/c1-19-6-8-20(9-7-19)18-11-13-3-5-16(24-13)14-4-2-12(21(22)23)10-15(14)17/h2-5,10-11H,6-9H2,1H3/b18-11-. The Bertz CT molecular complexity index is 766. The number of rotatable bonds is 4. The third kappa shape index (κ3) is 3.74. The molecule has 0 amide bonds. The van der Waals surface area contributed by atoms with Gasteiger partial charge in [-0.25, -0.2) is 0 Å².